The predicted octanol–water partition coefficient (Wildman–Crippen LogP) is 2.28. The van der Waals surface area contributed by atoms with Crippen molar-refractivity contribution in [3.8, 4) is 0 Å². The van der Waals surface area contributed by atoms with E-state index < -0.39 is 4.92 Å². The van der Waals surface area contributed by atoms with E-state index in [1.54, 1.807) is 19.2 Å². The monoisotopic (exact) mass is 251 g/mol. The second-order valence-corrected chi connectivity index (χ2v) is 4.57. The van der Waals surface area contributed by atoms with E-state index in [0.717, 1.165) is 19.4 Å². The Hall–Kier alpha value is -1.69. The van der Waals surface area contributed by atoms with Gasteiger partial charge in [-0.25, -0.2) is 4.98 Å². The minimum atomic E-state index is -0.396. The number of hydrogen-bond donors (Lipinski definition) is 1. The number of nitro groups is 1. The van der Waals surface area contributed by atoms with E-state index in [4.69, 9.17) is 4.74 Å². The topological polar surface area (TPSA) is 77.3 Å². The number of rotatable bonds is 4. The minimum Gasteiger partial charge on any atom is -0.376 e. The van der Waals surface area contributed by atoms with E-state index >= 15 is 0 Å². The van der Waals surface area contributed by atoms with Gasteiger partial charge >= 0.3 is 5.69 Å². The lowest BCUT2D eigenvalue weighted by atomic mass is 10.1. The molecule has 0 aromatic carbocycles. The molecule has 18 heavy (non-hydrogen) atoms. The van der Waals surface area contributed by atoms with Crippen LogP contribution in [0.15, 0.2) is 12.3 Å². The van der Waals surface area contributed by atoms with Gasteiger partial charge in [0, 0.05) is 18.4 Å². The summed E-state index contributed by atoms with van der Waals surface area (Å²) in [7, 11) is 0. The maximum absolute atomic E-state index is 11.0. The summed E-state index contributed by atoms with van der Waals surface area (Å²) in [5, 5.41) is 14.1. The molecule has 6 heteroatoms. The smallest absolute Gasteiger partial charge is 0.314 e. The molecule has 2 heterocycles. The Labute approximate surface area is 106 Å². The van der Waals surface area contributed by atoms with Crippen molar-refractivity contribution in [2.45, 2.75) is 38.8 Å². The molecule has 1 saturated heterocycles. The molecule has 2 atom stereocenters. The molecule has 1 fully saturated rings. The van der Waals surface area contributed by atoms with Crippen molar-refractivity contribution in [2.24, 2.45) is 0 Å². The molecular weight excluding hydrogens is 234 g/mol. The second-order valence-electron chi connectivity index (χ2n) is 4.57. The van der Waals surface area contributed by atoms with Crippen LogP contribution in [0.25, 0.3) is 0 Å². The first-order valence-electron chi connectivity index (χ1n) is 6.07. The zero-order valence-corrected chi connectivity index (χ0v) is 10.5. The second kappa shape index (κ2) is 5.30. The van der Waals surface area contributed by atoms with E-state index in [-0.39, 0.29) is 17.8 Å². The van der Waals surface area contributed by atoms with Crippen molar-refractivity contribution < 1.29 is 9.66 Å². The van der Waals surface area contributed by atoms with Gasteiger partial charge in [0.05, 0.1) is 17.1 Å². The number of nitrogens with zero attached hydrogens (tertiary/aromatic N) is 2. The average molecular weight is 251 g/mol. The number of hydrogen-bond acceptors (Lipinski definition) is 5. The van der Waals surface area contributed by atoms with Gasteiger partial charge in [0.2, 0.25) is 5.82 Å². The SMILES string of the molecule is Cc1ccnc(NC(C)C2CCCO2)c1[N+](=O)[O-]. The van der Waals surface area contributed by atoms with Gasteiger partial charge in [-0.15, -0.1) is 0 Å². The molecule has 1 aliphatic rings. The molecule has 1 N–H and O–H groups in total. The molecule has 0 amide bonds. The van der Waals surface area contributed by atoms with Crippen LogP contribution in [0.3, 0.4) is 0 Å². The normalized spacial score (nSPS) is 20.7. The van der Waals surface area contributed by atoms with E-state index in [1.165, 1.54) is 0 Å². The van der Waals surface area contributed by atoms with Gasteiger partial charge in [-0.2, -0.15) is 0 Å². The minimum absolute atomic E-state index is 0.0144. The van der Waals surface area contributed by atoms with E-state index in [9.17, 15) is 10.1 Å². The highest BCUT2D eigenvalue weighted by molar-refractivity contribution is 5.60. The highest BCUT2D eigenvalue weighted by atomic mass is 16.6. The average Bonchev–Trinajstić information content (AvgIpc) is 2.81. The highest BCUT2D eigenvalue weighted by Gasteiger charge is 2.26. The van der Waals surface area contributed by atoms with Crippen LogP contribution in [-0.4, -0.2) is 28.7 Å². The summed E-state index contributed by atoms with van der Waals surface area (Å²) in [4.78, 5) is 14.7. The summed E-state index contributed by atoms with van der Waals surface area (Å²) in [6.45, 7) is 4.44. The zero-order chi connectivity index (χ0) is 13.1. The van der Waals surface area contributed by atoms with Crippen LogP contribution in [-0.2, 0) is 4.74 Å². The molecule has 2 rings (SSSR count). The van der Waals surface area contributed by atoms with Crippen molar-refractivity contribution in [1.82, 2.24) is 4.98 Å². The molecule has 0 bridgehead atoms. The summed E-state index contributed by atoms with van der Waals surface area (Å²) in [6, 6.07) is 1.65. The summed E-state index contributed by atoms with van der Waals surface area (Å²) >= 11 is 0. The lowest BCUT2D eigenvalue weighted by Crippen LogP contribution is -2.30. The fraction of sp³-hybridized carbons (Fsp3) is 0.583. The van der Waals surface area contributed by atoms with E-state index in [2.05, 4.69) is 10.3 Å². The van der Waals surface area contributed by atoms with E-state index in [1.807, 2.05) is 6.92 Å². The van der Waals surface area contributed by atoms with Crippen molar-refractivity contribution in [2.75, 3.05) is 11.9 Å². The van der Waals surface area contributed by atoms with E-state index in [0.29, 0.717) is 11.4 Å². The van der Waals surface area contributed by atoms with Gasteiger partial charge in [-0.1, -0.05) is 0 Å². The van der Waals surface area contributed by atoms with Gasteiger partial charge < -0.3 is 10.1 Å². The summed E-state index contributed by atoms with van der Waals surface area (Å²) < 4.78 is 5.56. The maximum Gasteiger partial charge on any atom is 0.314 e. The Kier molecular flexibility index (Phi) is 3.76. The molecule has 2 unspecified atom stereocenters. The Bertz CT molecular complexity index is 444. The van der Waals surface area contributed by atoms with Crippen molar-refractivity contribution in [3.63, 3.8) is 0 Å². The Morgan fingerprint density at radius 2 is 2.44 bits per heavy atom. The Morgan fingerprint density at radius 3 is 3.06 bits per heavy atom. The molecule has 1 aromatic rings. The molecule has 0 aliphatic carbocycles. The van der Waals surface area contributed by atoms with Crippen LogP contribution in [0.5, 0.6) is 0 Å². The first-order valence-corrected chi connectivity index (χ1v) is 6.07. The quantitative estimate of drug-likeness (QED) is 0.656. The van der Waals surface area contributed by atoms with Crippen molar-refractivity contribution in [1.29, 1.82) is 0 Å². The zero-order valence-electron chi connectivity index (χ0n) is 10.5. The third-order valence-electron chi connectivity index (χ3n) is 3.20. The van der Waals surface area contributed by atoms with Crippen LogP contribution < -0.4 is 5.32 Å². The third-order valence-corrected chi connectivity index (χ3v) is 3.20. The van der Waals surface area contributed by atoms with Crippen LogP contribution in [0.1, 0.15) is 25.3 Å². The van der Waals surface area contributed by atoms with Gasteiger partial charge in [-0.05, 0) is 32.8 Å². The maximum atomic E-state index is 11.0. The Morgan fingerprint density at radius 1 is 1.67 bits per heavy atom. The third kappa shape index (κ3) is 2.59. The fourth-order valence-corrected chi connectivity index (χ4v) is 2.19. The summed E-state index contributed by atoms with van der Waals surface area (Å²) in [5.74, 6) is 0.322. The van der Waals surface area contributed by atoms with Gasteiger partial charge in [0.15, 0.2) is 0 Å². The predicted molar refractivity (Wildman–Crippen MR) is 67.7 cm³/mol. The van der Waals surface area contributed by atoms with Crippen LogP contribution in [0.4, 0.5) is 11.5 Å². The molecule has 0 radical (unpaired) electrons. The molecule has 6 nitrogen and oxygen atoms in total. The van der Waals surface area contributed by atoms with Crippen molar-refractivity contribution >= 4 is 11.5 Å². The van der Waals surface area contributed by atoms with Gasteiger partial charge in [0.25, 0.3) is 0 Å². The lowest BCUT2D eigenvalue weighted by Gasteiger charge is -2.20. The van der Waals surface area contributed by atoms with Crippen LogP contribution in [0.2, 0.25) is 0 Å². The Balaban J connectivity index is 2.17. The largest absolute Gasteiger partial charge is 0.376 e. The summed E-state index contributed by atoms with van der Waals surface area (Å²) in [6.07, 6.45) is 3.70. The van der Waals surface area contributed by atoms with Gasteiger partial charge in [-0.3, -0.25) is 10.1 Å². The molecular formula is C12H17N3O3. The molecule has 0 spiro atoms. The fourth-order valence-electron chi connectivity index (χ4n) is 2.19. The number of nitrogens with one attached hydrogen (secondary N) is 1. The number of aryl methyl sites for hydroxylation is 1. The number of aromatic nitrogens is 1. The van der Waals surface area contributed by atoms with Gasteiger partial charge in [0.1, 0.15) is 0 Å². The number of pyridine rings is 1. The number of anilines is 1. The van der Waals surface area contributed by atoms with Crippen LogP contribution >= 0.6 is 0 Å². The molecule has 1 aromatic heterocycles. The first kappa shape index (κ1) is 12.8. The summed E-state index contributed by atoms with van der Waals surface area (Å²) in [5.41, 5.74) is 0.652. The standard InChI is InChI=1S/C12H17N3O3/c1-8-5-6-13-12(11(8)15(16)17)14-9(2)10-4-3-7-18-10/h5-6,9-10H,3-4,7H2,1-2H3,(H,13,14). The molecule has 98 valence electrons. The highest BCUT2D eigenvalue weighted by Crippen LogP contribution is 2.27. The van der Waals surface area contributed by atoms with Crippen LogP contribution in [0, 0.1) is 17.0 Å². The molecule has 1 aliphatic heterocycles. The number of ether oxygens (including phenoxy) is 1. The molecule has 0 saturated carbocycles. The lowest BCUT2D eigenvalue weighted by molar-refractivity contribution is -0.384. The van der Waals surface area contributed by atoms with Crippen molar-refractivity contribution in [3.05, 3.63) is 27.9 Å². The first-order chi connectivity index (χ1) is 8.59.